The quantitative estimate of drug-likeness (QED) is 0.717. The number of halogens is 1. The highest BCUT2D eigenvalue weighted by Gasteiger charge is 2.53. The predicted molar refractivity (Wildman–Crippen MR) is 47.5 cm³/mol. The Labute approximate surface area is 81.7 Å². The Morgan fingerprint density at radius 3 is 2.50 bits per heavy atom. The van der Waals surface area contributed by atoms with Gasteiger partial charge in [-0.2, -0.15) is 0 Å². The van der Waals surface area contributed by atoms with Gasteiger partial charge < -0.3 is 10.0 Å². The number of alkyl halides is 1. The molecule has 1 saturated heterocycles. The molecule has 5 heteroatoms. The Balaban J connectivity index is 2.87. The summed E-state index contributed by atoms with van der Waals surface area (Å²) in [6.07, 6.45) is 0.423. The van der Waals surface area contributed by atoms with Gasteiger partial charge in [0.15, 0.2) is 0 Å². The van der Waals surface area contributed by atoms with Crippen molar-refractivity contribution in [2.24, 2.45) is 5.92 Å². The molecule has 0 aromatic heterocycles. The van der Waals surface area contributed by atoms with E-state index in [1.807, 2.05) is 0 Å². The predicted octanol–water partition coefficient (Wildman–Crippen LogP) is 0.668. The van der Waals surface area contributed by atoms with Crippen LogP contribution in [-0.2, 0) is 9.59 Å². The van der Waals surface area contributed by atoms with Crippen molar-refractivity contribution in [1.82, 2.24) is 4.90 Å². The molecule has 0 aromatic rings. The van der Waals surface area contributed by atoms with Gasteiger partial charge in [0.05, 0.1) is 6.54 Å². The van der Waals surface area contributed by atoms with E-state index in [0.717, 1.165) is 0 Å². The van der Waals surface area contributed by atoms with Gasteiger partial charge in [-0.15, -0.1) is 0 Å². The number of rotatable bonds is 2. The maximum absolute atomic E-state index is 13.9. The van der Waals surface area contributed by atoms with E-state index in [2.05, 4.69) is 0 Å². The summed E-state index contributed by atoms with van der Waals surface area (Å²) in [6.45, 7) is 2.93. The average molecular weight is 203 g/mol. The van der Waals surface area contributed by atoms with Crippen LogP contribution >= 0.6 is 0 Å². The van der Waals surface area contributed by atoms with Crippen LogP contribution in [0.4, 0.5) is 4.39 Å². The minimum absolute atomic E-state index is 0.203. The van der Waals surface area contributed by atoms with Crippen molar-refractivity contribution in [3.63, 3.8) is 0 Å². The fourth-order valence-corrected chi connectivity index (χ4v) is 1.82. The number of amides is 1. The Morgan fingerprint density at radius 1 is 1.64 bits per heavy atom. The van der Waals surface area contributed by atoms with Crippen LogP contribution in [-0.4, -0.2) is 40.6 Å². The van der Waals surface area contributed by atoms with E-state index in [-0.39, 0.29) is 19.0 Å². The summed E-state index contributed by atoms with van der Waals surface area (Å²) < 4.78 is 13.9. The number of carboxylic acids is 1. The van der Waals surface area contributed by atoms with Gasteiger partial charge >= 0.3 is 5.97 Å². The fraction of sp³-hybridized carbons (Fsp3) is 0.778. The molecule has 1 aliphatic heterocycles. The van der Waals surface area contributed by atoms with Gasteiger partial charge in [-0.3, -0.25) is 4.79 Å². The van der Waals surface area contributed by atoms with Gasteiger partial charge in [0.1, 0.15) is 0 Å². The van der Waals surface area contributed by atoms with Crippen LogP contribution in [0.2, 0.25) is 0 Å². The first kappa shape index (κ1) is 10.9. The standard InChI is InChI=1S/C9H14FNO3/c1-3-7-4-11(6(2)12)5-9(7,10)8(13)14/h7H,3-5H2,1-2H3,(H,13,14)/t7-,9+/m0/s1. The lowest BCUT2D eigenvalue weighted by atomic mass is 9.91. The van der Waals surface area contributed by atoms with Gasteiger partial charge in [-0.1, -0.05) is 6.92 Å². The van der Waals surface area contributed by atoms with E-state index < -0.39 is 17.6 Å². The lowest BCUT2D eigenvalue weighted by molar-refractivity contribution is -0.152. The molecule has 4 nitrogen and oxygen atoms in total. The first-order chi connectivity index (χ1) is 6.41. The molecule has 2 atom stereocenters. The Morgan fingerprint density at radius 2 is 2.21 bits per heavy atom. The van der Waals surface area contributed by atoms with Crippen LogP contribution in [0.25, 0.3) is 0 Å². The van der Waals surface area contributed by atoms with Crippen molar-refractivity contribution >= 4 is 11.9 Å². The van der Waals surface area contributed by atoms with Crippen LogP contribution in [0.3, 0.4) is 0 Å². The summed E-state index contributed by atoms with van der Waals surface area (Å²) in [4.78, 5) is 23.0. The van der Waals surface area contributed by atoms with Gasteiger partial charge in [-0.05, 0) is 6.42 Å². The highest BCUT2D eigenvalue weighted by Crippen LogP contribution is 2.34. The van der Waals surface area contributed by atoms with Crippen molar-refractivity contribution in [2.75, 3.05) is 13.1 Å². The summed E-state index contributed by atoms with van der Waals surface area (Å²) >= 11 is 0. The number of hydrogen-bond donors (Lipinski definition) is 1. The number of likely N-dealkylation sites (tertiary alicyclic amines) is 1. The average Bonchev–Trinajstić information content (AvgIpc) is 2.44. The van der Waals surface area contributed by atoms with Crippen molar-refractivity contribution in [2.45, 2.75) is 25.9 Å². The summed E-state index contributed by atoms with van der Waals surface area (Å²) in [5.41, 5.74) is -2.26. The van der Waals surface area contributed by atoms with E-state index in [1.165, 1.54) is 11.8 Å². The van der Waals surface area contributed by atoms with Crippen molar-refractivity contribution in [1.29, 1.82) is 0 Å². The van der Waals surface area contributed by atoms with Crippen molar-refractivity contribution < 1.29 is 19.1 Å². The van der Waals surface area contributed by atoms with E-state index in [0.29, 0.717) is 6.42 Å². The number of carboxylic acid groups (broad SMARTS) is 1. The molecule has 1 heterocycles. The van der Waals surface area contributed by atoms with Crippen molar-refractivity contribution in [3.8, 4) is 0 Å². The highest BCUT2D eigenvalue weighted by molar-refractivity contribution is 5.81. The molecule has 1 fully saturated rings. The third kappa shape index (κ3) is 1.58. The summed E-state index contributed by atoms with van der Waals surface area (Å²) in [6, 6.07) is 0. The van der Waals surface area contributed by atoms with Gasteiger partial charge in [0.25, 0.3) is 0 Å². The van der Waals surface area contributed by atoms with Crippen LogP contribution < -0.4 is 0 Å². The van der Waals surface area contributed by atoms with Gasteiger partial charge in [0.2, 0.25) is 11.6 Å². The van der Waals surface area contributed by atoms with Crippen LogP contribution in [0.5, 0.6) is 0 Å². The Kier molecular flexibility index (Phi) is 2.78. The zero-order valence-corrected chi connectivity index (χ0v) is 8.29. The summed E-state index contributed by atoms with van der Waals surface area (Å²) in [7, 11) is 0. The molecule has 1 rings (SSSR count). The van der Waals surface area contributed by atoms with E-state index in [1.54, 1.807) is 6.92 Å². The molecule has 0 spiro atoms. The molecule has 1 N–H and O–H groups in total. The number of nitrogens with zero attached hydrogens (tertiary/aromatic N) is 1. The zero-order valence-electron chi connectivity index (χ0n) is 8.29. The normalized spacial score (nSPS) is 31.9. The maximum atomic E-state index is 13.9. The second-order valence-electron chi connectivity index (χ2n) is 3.67. The van der Waals surface area contributed by atoms with Crippen molar-refractivity contribution in [3.05, 3.63) is 0 Å². The largest absolute Gasteiger partial charge is 0.479 e. The first-order valence-corrected chi connectivity index (χ1v) is 4.59. The number of carbonyl (C=O) groups excluding carboxylic acids is 1. The smallest absolute Gasteiger partial charge is 0.343 e. The zero-order chi connectivity index (χ0) is 10.9. The molecule has 0 aromatic carbocycles. The Bertz CT molecular complexity index is 269. The Hall–Kier alpha value is -1.13. The summed E-state index contributed by atoms with van der Waals surface area (Å²) in [5.74, 6) is -2.33. The second-order valence-corrected chi connectivity index (χ2v) is 3.67. The molecule has 0 unspecified atom stereocenters. The molecule has 0 saturated carbocycles. The van der Waals surface area contributed by atoms with Gasteiger partial charge in [0, 0.05) is 19.4 Å². The first-order valence-electron chi connectivity index (χ1n) is 4.59. The third-order valence-corrected chi connectivity index (χ3v) is 2.80. The number of aliphatic carboxylic acids is 1. The second kappa shape index (κ2) is 3.55. The molecule has 1 aliphatic rings. The monoisotopic (exact) mass is 203 g/mol. The minimum Gasteiger partial charge on any atom is -0.479 e. The lowest BCUT2D eigenvalue weighted by Gasteiger charge is -2.19. The van der Waals surface area contributed by atoms with E-state index >= 15 is 0 Å². The van der Waals surface area contributed by atoms with Crippen LogP contribution in [0, 0.1) is 5.92 Å². The third-order valence-electron chi connectivity index (χ3n) is 2.80. The number of hydrogen-bond acceptors (Lipinski definition) is 2. The molecule has 0 aliphatic carbocycles. The van der Waals surface area contributed by atoms with Crippen LogP contribution in [0.1, 0.15) is 20.3 Å². The van der Waals surface area contributed by atoms with Gasteiger partial charge in [-0.25, -0.2) is 9.18 Å². The molecule has 80 valence electrons. The topological polar surface area (TPSA) is 57.6 Å². The summed E-state index contributed by atoms with van der Waals surface area (Å²) in [5, 5.41) is 8.76. The molecule has 0 bridgehead atoms. The lowest BCUT2D eigenvalue weighted by Crippen LogP contribution is -2.42. The van der Waals surface area contributed by atoms with E-state index in [9.17, 15) is 14.0 Å². The molecular weight excluding hydrogens is 189 g/mol. The molecule has 1 amide bonds. The maximum Gasteiger partial charge on any atom is 0.343 e. The van der Waals surface area contributed by atoms with E-state index in [4.69, 9.17) is 5.11 Å². The number of carbonyl (C=O) groups is 2. The molecule has 14 heavy (non-hydrogen) atoms. The minimum atomic E-state index is -2.26. The highest BCUT2D eigenvalue weighted by atomic mass is 19.1. The van der Waals surface area contributed by atoms with Crippen LogP contribution in [0.15, 0.2) is 0 Å². The molecular formula is C9H14FNO3. The molecule has 0 radical (unpaired) electrons. The SMILES string of the molecule is CC[C@H]1CN(C(C)=O)C[C@]1(F)C(=O)O. The fourth-order valence-electron chi connectivity index (χ4n) is 1.82.